The van der Waals surface area contributed by atoms with Crippen molar-refractivity contribution in [3.8, 4) is 17.6 Å². The molecule has 1 atom stereocenters. The summed E-state index contributed by atoms with van der Waals surface area (Å²) in [6.45, 7) is 2.74. The summed E-state index contributed by atoms with van der Waals surface area (Å²) >= 11 is 7.47. The van der Waals surface area contributed by atoms with E-state index in [-0.39, 0.29) is 31.5 Å². The van der Waals surface area contributed by atoms with Crippen LogP contribution in [0, 0.1) is 11.8 Å². The Morgan fingerprint density at radius 3 is 2.65 bits per heavy atom. The Balaban J connectivity index is 0.733. The Bertz CT molecular complexity index is 2880. The third-order valence-electron chi connectivity index (χ3n) is 9.90. The molecule has 1 aliphatic rings. The fraction of sp³-hybridized carbons (Fsp3) is 0.279. The number of aromatic amines is 1. The highest BCUT2D eigenvalue weighted by Gasteiger charge is 2.31. The molecule has 66 heavy (non-hydrogen) atoms. The number of nitrogens with zero attached hydrogens (tertiary/aromatic N) is 11. The smallest absolute Gasteiger partial charge is 0.296 e. The number of H-pyrrole nitrogens is 1. The average Bonchev–Trinajstić information content (AvgIpc) is 4.09. The third kappa shape index (κ3) is 11.6. The number of carbonyl (C=O) groups is 3. The maximum absolute atomic E-state index is 13.0. The first-order chi connectivity index (χ1) is 32.2. The number of nitrogens with one attached hydrogen (secondary N) is 4. The highest BCUT2D eigenvalue weighted by Crippen LogP contribution is 2.30. The first-order valence-electron chi connectivity index (χ1n) is 20.7. The maximum atomic E-state index is 13.0. The van der Waals surface area contributed by atoms with Gasteiger partial charge >= 0.3 is 0 Å². The number of benzene rings is 3. The Morgan fingerprint density at radius 1 is 1.00 bits per heavy atom. The van der Waals surface area contributed by atoms with Crippen molar-refractivity contribution in [1.82, 2.24) is 65.8 Å². The quantitative estimate of drug-likeness (QED) is 0.0358. The molecule has 338 valence electrons. The first-order valence-corrected chi connectivity index (χ1v) is 22.0. The van der Waals surface area contributed by atoms with E-state index in [1.807, 2.05) is 54.7 Å². The summed E-state index contributed by atoms with van der Waals surface area (Å²) in [5, 5.41) is 33.7. The van der Waals surface area contributed by atoms with Gasteiger partial charge in [0, 0.05) is 61.6 Å². The number of aromatic nitrogens is 11. The standard InChI is InChI=1S/C43H43ClN16O5S/c1-58-33-4-2-3-5-34(33)65-25-32(42(58)63)48-41(62)39-49-35(53-55-39)22-28-8-6-27(7-9-28)12-15-36(61)46-18-20-64-21-19-59-24-31(52-56-59)26-66-43-50-38(47-17-16-45)37-40(51-43)60(57-54-37)23-29-10-13-30(44)14-11-29/h2-11,13-14,24,32H,16-23,25-26,45H2,1H3,(H,46,61)(H,48,62)(H,47,50,51)(H,49,53,55). The summed E-state index contributed by atoms with van der Waals surface area (Å²) in [6, 6.07) is 21.0. The summed E-state index contributed by atoms with van der Waals surface area (Å²) in [6.07, 6.45) is 2.19. The van der Waals surface area contributed by atoms with Gasteiger partial charge in [0.05, 0.1) is 37.7 Å². The Kier molecular flexibility index (Phi) is 14.7. The van der Waals surface area contributed by atoms with E-state index < -0.39 is 17.9 Å². The fourth-order valence-electron chi connectivity index (χ4n) is 6.56. The number of carbonyl (C=O) groups excluding carboxylic acids is 3. The zero-order chi connectivity index (χ0) is 45.8. The Morgan fingerprint density at radius 2 is 1.82 bits per heavy atom. The molecule has 0 bridgehead atoms. The largest absolute Gasteiger partial charge is 0.489 e. The summed E-state index contributed by atoms with van der Waals surface area (Å²) in [5.41, 5.74) is 10.7. The topological polar surface area (TPSA) is 264 Å². The predicted molar refractivity (Wildman–Crippen MR) is 244 cm³/mol. The van der Waals surface area contributed by atoms with E-state index in [2.05, 4.69) is 68.6 Å². The number of rotatable bonds is 18. The van der Waals surface area contributed by atoms with Crippen molar-refractivity contribution in [2.75, 3.05) is 56.7 Å². The van der Waals surface area contributed by atoms with Crippen LogP contribution >= 0.6 is 23.4 Å². The molecule has 4 aromatic heterocycles. The second kappa shape index (κ2) is 21.5. The minimum Gasteiger partial charge on any atom is -0.489 e. The molecule has 3 amide bonds. The average molecular weight is 931 g/mol. The van der Waals surface area contributed by atoms with Crippen molar-refractivity contribution in [1.29, 1.82) is 0 Å². The molecule has 6 N–H and O–H groups in total. The summed E-state index contributed by atoms with van der Waals surface area (Å²) in [5.74, 6) is 6.03. The van der Waals surface area contributed by atoms with Crippen LogP contribution in [0.2, 0.25) is 5.02 Å². The number of ether oxygens (including phenoxy) is 2. The zero-order valence-corrected chi connectivity index (χ0v) is 37.1. The number of thioether (sulfide) groups is 1. The summed E-state index contributed by atoms with van der Waals surface area (Å²) in [7, 11) is 1.63. The van der Waals surface area contributed by atoms with Gasteiger partial charge in [-0.2, -0.15) is 0 Å². The van der Waals surface area contributed by atoms with Crippen molar-refractivity contribution in [3.05, 3.63) is 118 Å². The number of anilines is 2. The van der Waals surface area contributed by atoms with Gasteiger partial charge in [0.15, 0.2) is 22.1 Å². The van der Waals surface area contributed by atoms with Crippen LogP contribution in [0.5, 0.6) is 5.75 Å². The van der Waals surface area contributed by atoms with E-state index in [1.165, 1.54) is 16.7 Å². The molecule has 5 heterocycles. The van der Waals surface area contributed by atoms with Crippen LogP contribution in [-0.4, -0.2) is 125 Å². The van der Waals surface area contributed by atoms with Crippen molar-refractivity contribution in [3.63, 3.8) is 0 Å². The minimum atomic E-state index is -0.918. The molecular weight excluding hydrogens is 888 g/mol. The van der Waals surface area contributed by atoms with Crippen LogP contribution in [0.3, 0.4) is 0 Å². The Hall–Kier alpha value is -7.45. The molecule has 21 nitrogen and oxygen atoms in total. The highest BCUT2D eigenvalue weighted by molar-refractivity contribution is 7.98. The lowest BCUT2D eigenvalue weighted by Crippen LogP contribution is -2.49. The van der Waals surface area contributed by atoms with Crippen LogP contribution in [0.25, 0.3) is 11.2 Å². The van der Waals surface area contributed by atoms with Crippen LogP contribution in [-0.2, 0) is 39.6 Å². The van der Waals surface area contributed by atoms with Gasteiger partial charge < -0.3 is 36.1 Å². The molecule has 23 heteroatoms. The third-order valence-corrected chi connectivity index (χ3v) is 11.0. The van der Waals surface area contributed by atoms with Crippen molar-refractivity contribution < 1.29 is 23.9 Å². The molecule has 0 saturated heterocycles. The number of amides is 3. The predicted octanol–water partition coefficient (Wildman–Crippen LogP) is 2.22. The van der Waals surface area contributed by atoms with Gasteiger partial charge in [-0.05, 0) is 47.5 Å². The van der Waals surface area contributed by atoms with E-state index in [4.69, 9.17) is 31.8 Å². The fourth-order valence-corrected chi connectivity index (χ4v) is 7.40. The molecular formula is C43H43ClN16O5S. The van der Waals surface area contributed by atoms with Gasteiger partial charge in [-0.15, -0.1) is 15.3 Å². The number of fused-ring (bicyclic) bond motifs is 2. The highest BCUT2D eigenvalue weighted by atomic mass is 35.5. The van der Waals surface area contributed by atoms with E-state index >= 15 is 0 Å². The van der Waals surface area contributed by atoms with Gasteiger partial charge in [0.1, 0.15) is 24.2 Å². The van der Waals surface area contributed by atoms with Crippen LogP contribution < -0.4 is 31.3 Å². The molecule has 8 rings (SSSR count). The van der Waals surface area contributed by atoms with Gasteiger partial charge in [0.25, 0.3) is 17.7 Å². The maximum Gasteiger partial charge on any atom is 0.296 e. The van der Waals surface area contributed by atoms with Crippen LogP contribution in [0.4, 0.5) is 11.5 Å². The van der Waals surface area contributed by atoms with Gasteiger partial charge in [-0.25, -0.2) is 24.3 Å². The molecule has 3 aromatic carbocycles. The van der Waals surface area contributed by atoms with Gasteiger partial charge in [-0.1, -0.05) is 76.1 Å². The summed E-state index contributed by atoms with van der Waals surface area (Å²) in [4.78, 5) is 53.5. The van der Waals surface area contributed by atoms with E-state index in [1.54, 1.807) is 40.7 Å². The van der Waals surface area contributed by atoms with Crippen molar-refractivity contribution in [2.24, 2.45) is 5.73 Å². The number of halogens is 1. The lowest BCUT2D eigenvalue weighted by atomic mass is 10.1. The molecule has 1 aliphatic heterocycles. The van der Waals surface area contributed by atoms with Crippen molar-refractivity contribution in [2.45, 2.75) is 36.5 Å². The molecule has 1 unspecified atom stereocenters. The SMILES string of the molecule is CN1C(=O)C(NC(=O)c2n[nH]c(Cc3ccc(C#CC(=O)NCCOCCn4cc(CSc5nc(NCCN)c6nnn(Cc7ccc(Cl)cc7)c6n5)nn4)cc3)n2)COc2ccccc21. The van der Waals surface area contributed by atoms with E-state index in [0.717, 1.165) is 16.8 Å². The summed E-state index contributed by atoms with van der Waals surface area (Å²) < 4.78 is 14.9. The number of hydrogen-bond donors (Lipinski definition) is 5. The van der Waals surface area contributed by atoms with Crippen LogP contribution in [0.1, 0.15) is 38.8 Å². The molecule has 0 aliphatic carbocycles. The van der Waals surface area contributed by atoms with E-state index in [9.17, 15) is 14.4 Å². The molecule has 0 spiro atoms. The van der Waals surface area contributed by atoms with Crippen LogP contribution in [0.15, 0.2) is 84.1 Å². The second-order valence-electron chi connectivity index (χ2n) is 14.7. The molecule has 0 saturated carbocycles. The van der Waals surface area contributed by atoms with Gasteiger partial charge in [0.2, 0.25) is 5.82 Å². The lowest BCUT2D eigenvalue weighted by Gasteiger charge is -2.19. The van der Waals surface area contributed by atoms with Crippen molar-refractivity contribution >= 4 is 63.8 Å². The zero-order valence-electron chi connectivity index (χ0n) is 35.5. The second-order valence-corrected chi connectivity index (χ2v) is 16.1. The van der Waals surface area contributed by atoms with Gasteiger partial charge in [-0.3, -0.25) is 19.5 Å². The molecule has 7 aromatic rings. The number of hydrogen-bond acceptors (Lipinski definition) is 16. The molecule has 0 fully saturated rings. The Labute approximate surface area is 386 Å². The number of para-hydroxylation sites is 2. The first kappa shape index (κ1) is 45.1. The molecule has 0 radical (unpaired) electrons. The lowest BCUT2D eigenvalue weighted by molar-refractivity contribution is -0.120. The normalized spacial score (nSPS) is 13.3. The number of likely N-dealkylation sites (N-methyl/N-ethyl adjacent to an activating group) is 1. The number of nitrogens with two attached hydrogens (primary N) is 1. The monoisotopic (exact) mass is 930 g/mol. The minimum absolute atomic E-state index is 0.0295. The van der Waals surface area contributed by atoms with E-state index in [0.29, 0.717) is 94.9 Å².